The number of rotatable bonds is 5. The van der Waals surface area contributed by atoms with Crippen molar-refractivity contribution in [2.24, 2.45) is 0 Å². The van der Waals surface area contributed by atoms with Gasteiger partial charge in [-0.1, -0.05) is 35.8 Å². The van der Waals surface area contributed by atoms with Crippen LogP contribution in [0.3, 0.4) is 0 Å². The molecule has 2 aromatic heterocycles. The summed E-state index contributed by atoms with van der Waals surface area (Å²) in [6.45, 7) is 0.355. The van der Waals surface area contributed by atoms with Crippen LogP contribution in [0.15, 0.2) is 0 Å². The lowest BCUT2D eigenvalue weighted by atomic mass is 9.86. The number of hydrogen-bond acceptors (Lipinski definition) is 7. The molecular formula is C13H19N5O2S. The summed E-state index contributed by atoms with van der Waals surface area (Å²) in [5, 5.41) is 27.6. The summed E-state index contributed by atoms with van der Waals surface area (Å²) in [5.74, 6) is 0.394. The second kappa shape index (κ2) is 6.59. The molecule has 1 aliphatic rings. The maximum Gasteiger partial charge on any atom is 0.234 e. The molecule has 1 N–H and O–H groups in total. The van der Waals surface area contributed by atoms with Crippen LogP contribution in [0.5, 0.6) is 0 Å². The highest BCUT2D eigenvalue weighted by Gasteiger charge is 2.26. The van der Waals surface area contributed by atoms with Gasteiger partial charge in [-0.05, 0) is 12.8 Å². The average molecular weight is 309 g/mol. The molecule has 114 valence electrons. The molecule has 0 spiro atoms. The van der Waals surface area contributed by atoms with E-state index in [-0.39, 0.29) is 6.61 Å². The van der Waals surface area contributed by atoms with Crippen LogP contribution in [0.1, 0.15) is 54.4 Å². The van der Waals surface area contributed by atoms with Crippen LogP contribution in [0.25, 0.3) is 5.13 Å². The molecule has 8 heteroatoms. The van der Waals surface area contributed by atoms with Crippen LogP contribution in [-0.4, -0.2) is 37.4 Å². The fraction of sp³-hybridized carbons (Fsp3) is 0.692. The maximum absolute atomic E-state index is 9.53. The molecule has 21 heavy (non-hydrogen) atoms. The van der Waals surface area contributed by atoms with E-state index in [4.69, 9.17) is 4.74 Å². The van der Waals surface area contributed by atoms with Gasteiger partial charge in [-0.2, -0.15) is 4.68 Å². The second-order valence-corrected chi connectivity index (χ2v) is 6.28. The lowest BCUT2D eigenvalue weighted by molar-refractivity contribution is 0.184. The Morgan fingerprint density at radius 1 is 1.24 bits per heavy atom. The minimum atomic E-state index is -0.0877. The highest BCUT2D eigenvalue weighted by atomic mass is 32.1. The number of aliphatic hydroxyl groups excluding tert-OH is 1. The van der Waals surface area contributed by atoms with E-state index in [9.17, 15) is 5.11 Å². The van der Waals surface area contributed by atoms with Gasteiger partial charge in [0.25, 0.3) is 0 Å². The van der Waals surface area contributed by atoms with Gasteiger partial charge in [0.1, 0.15) is 17.3 Å². The van der Waals surface area contributed by atoms with Crippen LogP contribution >= 0.6 is 11.3 Å². The highest BCUT2D eigenvalue weighted by Crippen LogP contribution is 2.35. The Hall–Kier alpha value is -1.38. The summed E-state index contributed by atoms with van der Waals surface area (Å²) in [7, 11) is 1.63. The van der Waals surface area contributed by atoms with Crippen molar-refractivity contribution in [3.05, 3.63) is 16.4 Å². The molecule has 0 bridgehead atoms. The maximum atomic E-state index is 9.53. The summed E-state index contributed by atoms with van der Waals surface area (Å²) < 4.78 is 6.82. The van der Waals surface area contributed by atoms with Crippen LogP contribution in [-0.2, 0) is 18.0 Å². The van der Waals surface area contributed by atoms with Crippen molar-refractivity contribution in [1.29, 1.82) is 0 Å². The number of nitrogens with zero attached hydrogens (tertiary/aromatic N) is 5. The van der Waals surface area contributed by atoms with E-state index >= 15 is 0 Å². The SMILES string of the molecule is COCc1nnc(-n2nnc(CO)c2C2CCCCC2)s1. The molecule has 0 atom stereocenters. The van der Waals surface area contributed by atoms with Gasteiger partial charge in [0.15, 0.2) is 0 Å². The first-order valence-corrected chi connectivity index (χ1v) is 8.02. The van der Waals surface area contributed by atoms with Crippen molar-refractivity contribution in [3.8, 4) is 5.13 Å². The van der Waals surface area contributed by atoms with E-state index in [0.717, 1.165) is 23.5 Å². The molecule has 0 amide bonds. The van der Waals surface area contributed by atoms with Gasteiger partial charge < -0.3 is 9.84 Å². The van der Waals surface area contributed by atoms with Gasteiger partial charge in [0.2, 0.25) is 5.13 Å². The normalized spacial score (nSPS) is 16.5. The van der Waals surface area contributed by atoms with E-state index < -0.39 is 0 Å². The molecule has 0 aromatic carbocycles. The summed E-state index contributed by atoms with van der Waals surface area (Å²) in [6, 6.07) is 0. The van der Waals surface area contributed by atoms with Gasteiger partial charge in [0, 0.05) is 13.0 Å². The first kappa shape index (κ1) is 14.6. The molecule has 0 radical (unpaired) electrons. The van der Waals surface area contributed by atoms with Crippen LogP contribution < -0.4 is 0 Å². The summed E-state index contributed by atoms with van der Waals surface area (Å²) in [5.41, 5.74) is 1.66. The van der Waals surface area contributed by atoms with Gasteiger partial charge in [-0.3, -0.25) is 0 Å². The number of ether oxygens (including phenoxy) is 1. The highest BCUT2D eigenvalue weighted by molar-refractivity contribution is 7.13. The number of methoxy groups -OCH3 is 1. The summed E-state index contributed by atoms with van der Waals surface area (Å²) in [6.07, 6.45) is 5.94. The second-order valence-electron chi connectivity index (χ2n) is 5.24. The minimum Gasteiger partial charge on any atom is -0.390 e. The Morgan fingerprint density at radius 2 is 2.05 bits per heavy atom. The van der Waals surface area contributed by atoms with E-state index in [2.05, 4.69) is 20.5 Å². The standard InChI is InChI=1S/C13H19N5O2S/c1-20-8-11-15-16-13(21-11)18-12(10(7-19)14-17-18)9-5-3-2-4-6-9/h9,19H,2-8H2,1H3. The fourth-order valence-electron chi connectivity index (χ4n) is 2.87. The molecule has 0 saturated heterocycles. The molecule has 7 nitrogen and oxygen atoms in total. The van der Waals surface area contributed by atoms with E-state index in [1.165, 1.54) is 30.6 Å². The topological polar surface area (TPSA) is 86.0 Å². The molecule has 2 aromatic rings. The first-order valence-electron chi connectivity index (χ1n) is 7.20. The number of hydrogen-bond donors (Lipinski definition) is 1. The Kier molecular flexibility index (Phi) is 4.57. The Labute approximate surface area is 127 Å². The van der Waals surface area contributed by atoms with Crippen molar-refractivity contribution in [1.82, 2.24) is 25.2 Å². The van der Waals surface area contributed by atoms with Crippen molar-refractivity contribution >= 4 is 11.3 Å². The van der Waals surface area contributed by atoms with E-state index in [0.29, 0.717) is 23.4 Å². The fourth-order valence-corrected chi connectivity index (χ4v) is 3.64. The molecule has 0 aliphatic heterocycles. The van der Waals surface area contributed by atoms with Crippen LogP contribution in [0.2, 0.25) is 0 Å². The molecule has 1 fully saturated rings. The molecule has 1 aliphatic carbocycles. The lowest BCUT2D eigenvalue weighted by Gasteiger charge is -2.22. The van der Waals surface area contributed by atoms with Gasteiger partial charge in [-0.15, -0.1) is 15.3 Å². The molecule has 1 saturated carbocycles. The van der Waals surface area contributed by atoms with Gasteiger partial charge in [0.05, 0.1) is 12.3 Å². The monoisotopic (exact) mass is 309 g/mol. The zero-order valence-electron chi connectivity index (χ0n) is 12.0. The van der Waals surface area contributed by atoms with Crippen molar-refractivity contribution < 1.29 is 9.84 Å². The Balaban J connectivity index is 1.95. The molecule has 3 rings (SSSR count). The minimum absolute atomic E-state index is 0.0877. The predicted octanol–water partition coefficient (Wildman–Crippen LogP) is 1.81. The average Bonchev–Trinajstić information content (AvgIpc) is 3.14. The van der Waals surface area contributed by atoms with E-state index in [1.807, 2.05) is 0 Å². The Morgan fingerprint density at radius 3 is 2.76 bits per heavy atom. The van der Waals surface area contributed by atoms with Gasteiger partial charge >= 0.3 is 0 Å². The quantitative estimate of drug-likeness (QED) is 0.906. The third kappa shape index (κ3) is 2.97. The smallest absolute Gasteiger partial charge is 0.234 e. The van der Waals surface area contributed by atoms with Gasteiger partial charge in [-0.25, -0.2) is 0 Å². The third-order valence-corrected chi connectivity index (χ3v) is 4.70. The largest absolute Gasteiger partial charge is 0.390 e. The van der Waals surface area contributed by atoms with Crippen molar-refractivity contribution in [2.45, 2.75) is 51.2 Å². The lowest BCUT2D eigenvalue weighted by Crippen LogP contribution is -2.12. The van der Waals surface area contributed by atoms with E-state index in [1.54, 1.807) is 11.8 Å². The van der Waals surface area contributed by atoms with Crippen molar-refractivity contribution in [2.75, 3.05) is 7.11 Å². The summed E-state index contributed by atoms with van der Waals surface area (Å²) >= 11 is 1.44. The van der Waals surface area contributed by atoms with Crippen LogP contribution in [0.4, 0.5) is 0 Å². The number of aromatic nitrogens is 5. The number of aliphatic hydroxyl groups is 1. The Bertz CT molecular complexity index is 591. The predicted molar refractivity (Wildman–Crippen MR) is 77.3 cm³/mol. The zero-order valence-corrected chi connectivity index (χ0v) is 12.8. The molecule has 0 unspecified atom stereocenters. The van der Waals surface area contributed by atoms with Crippen LogP contribution in [0, 0.1) is 0 Å². The zero-order chi connectivity index (χ0) is 14.7. The van der Waals surface area contributed by atoms with Crippen molar-refractivity contribution in [3.63, 3.8) is 0 Å². The molecule has 2 heterocycles. The first-order chi connectivity index (χ1) is 10.3. The summed E-state index contributed by atoms with van der Waals surface area (Å²) in [4.78, 5) is 0. The molecular weight excluding hydrogens is 290 g/mol. The third-order valence-electron chi connectivity index (χ3n) is 3.83.